The van der Waals surface area contributed by atoms with Gasteiger partial charge in [0.1, 0.15) is 0 Å². The highest BCUT2D eigenvalue weighted by Crippen LogP contribution is 2.38. The Morgan fingerprint density at radius 3 is 1.85 bits per heavy atom. The molecule has 1 saturated carbocycles. The maximum Gasteiger partial charge on any atom is 0.00388 e. The van der Waals surface area contributed by atoms with E-state index in [1.807, 2.05) is 13.8 Å². The zero-order valence-corrected chi connectivity index (χ0v) is 9.71. The number of hydrogen-bond acceptors (Lipinski definition) is 1. The van der Waals surface area contributed by atoms with Crippen molar-refractivity contribution in [3.8, 4) is 0 Å². The third-order valence-electron chi connectivity index (χ3n) is 3.48. The lowest BCUT2D eigenvalue weighted by atomic mass is 10.0. The number of likely N-dealkylation sites (tertiary alicyclic amines) is 1. The van der Waals surface area contributed by atoms with E-state index in [9.17, 15) is 0 Å². The summed E-state index contributed by atoms with van der Waals surface area (Å²) in [6.45, 7) is 11.4. The molecule has 0 spiro atoms. The van der Waals surface area contributed by atoms with Crippen LogP contribution in [-0.2, 0) is 0 Å². The summed E-state index contributed by atoms with van der Waals surface area (Å²) in [4.78, 5) is 2.65. The molecule has 2 unspecified atom stereocenters. The largest absolute Gasteiger partial charge is 0.300 e. The maximum atomic E-state index is 2.65. The number of fused-ring (bicyclic) bond motifs is 1. The Morgan fingerprint density at radius 2 is 1.46 bits per heavy atom. The monoisotopic (exact) mass is 183 g/mol. The van der Waals surface area contributed by atoms with Gasteiger partial charge in [-0.3, -0.25) is 0 Å². The minimum atomic E-state index is 0.778. The van der Waals surface area contributed by atoms with E-state index in [1.165, 1.54) is 32.4 Å². The second-order valence-electron chi connectivity index (χ2n) is 4.50. The van der Waals surface area contributed by atoms with Gasteiger partial charge >= 0.3 is 0 Å². The van der Waals surface area contributed by atoms with Crippen LogP contribution in [0, 0.1) is 11.8 Å². The van der Waals surface area contributed by atoms with Gasteiger partial charge in [0, 0.05) is 19.1 Å². The molecule has 2 rings (SSSR count). The summed E-state index contributed by atoms with van der Waals surface area (Å²) in [7, 11) is 0. The van der Waals surface area contributed by atoms with Crippen molar-refractivity contribution in [3.63, 3.8) is 0 Å². The SMILES string of the molecule is CC.CC(C)N1CC2CCCC2C1. The molecule has 0 bridgehead atoms. The lowest BCUT2D eigenvalue weighted by molar-refractivity contribution is 0.254. The van der Waals surface area contributed by atoms with Gasteiger partial charge in [-0.15, -0.1) is 0 Å². The van der Waals surface area contributed by atoms with Gasteiger partial charge < -0.3 is 4.90 Å². The molecule has 0 radical (unpaired) electrons. The molecule has 78 valence electrons. The Kier molecular flexibility index (Phi) is 4.24. The quantitative estimate of drug-likeness (QED) is 0.603. The van der Waals surface area contributed by atoms with E-state index in [2.05, 4.69) is 18.7 Å². The number of rotatable bonds is 1. The normalized spacial score (nSPS) is 33.0. The van der Waals surface area contributed by atoms with Crippen LogP contribution in [0.25, 0.3) is 0 Å². The van der Waals surface area contributed by atoms with E-state index in [-0.39, 0.29) is 0 Å². The lowest BCUT2D eigenvalue weighted by Gasteiger charge is -2.20. The van der Waals surface area contributed by atoms with Crippen LogP contribution in [0.2, 0.25) is 0 Å². The average molecular weight is 183 g/mol. The minimum absolute atomic E-state index is 0.778. The highest BCUT2D eigenvalue weighted by Gasteiger charge is 2.36. The first-order valence-corrected chi connectivity index (χ1v) is 6.01. The summed E-state index contributed by atoms with van der Waals surface area (Å²) in [6.07, 6.45) is 4.52. The molecule has 2 aliphatic rings. The van der Waals surface area contributed by atoms with Crippen LogP contribution in [0.5, 0.6) is 0 Å². The van der Waals surface area contributed by atoms with E-state index in [0.29, 0.717) is 0 Å². The molecule has 2 fully saturated rings. The molecule has 0 aromatic carbocycles. The fourth-order valence-corrected chi connectivity index (χ4v) is 2.69. The third-order valence-corrected chi connectivity index (χ3v) is 3.48. The van der Waals surface area contributed by atoms with E-state index < -0.39 is 0 Å². The van der Waals surface area contributed by atoms with Crippen molar-refractivity contribution in [2.75, 3.05) is 13.1 Å². The number of nitrogens with zero attached hydrogens (tertiary/aromatic N) is 1. The second-order valence-corrected chi connectivity index (χ2v) is 4.50. The van der Waals surface area contributed by atoms with Gasteiger partial charge in [-0.1, -0.05) is 20.3 Å². The van der Waals surface area contributed by atoms with E-state index in [0.717, 1.165) is 17.9 Å². The molecule has 0 aromatic rings. The van der Waals surface area contributed by atoms with Gasteiger partial charge in [-0.25, -0.2) is 0 Å². The highest BCUT2D eigenvalue weighted by molar-refractivity contribution is 4.89. The van der Waals surface area contributed by atoms with Crippen molar-refractivity contribution in [2.24, 2.45) is 11.8 Å². The molecule has 0 N–H and O–H groups in total. The van der Waals surface area contributed by atoms with Gasteiger partial charge in [0.15, 0.2) is 0 Å². The van der Waals surface area contributed by atoms with Crippen molar-refractivity contribution < 1.29 is 0 Å². The molecule has 2 atom stereocenters. The van der Waals surface area contributed by atoms with E-state index >= 15 is 0 Å². The molecular formula is C12H25N. The van der Waals surface area contributed by atoms with Crippen LogP contribution in [0.15, 0.2) is 0 Å². The molecule has 0 amide bonds. The van der Waals surface area contributed by atoms with Crippen molar-refractivity contribution in [2.45, 2.75) is 53.0 Å². The van der Waals surface area contributed by atoms with Crippen molar-refractivity contribution in [1.82, 2.24) is 4.90 Å². The summed E-state index contributed by atoms with van der Waals surface area (Å²) in [5, 5.41) is 0. The standard InChI is InChI=1S/C10H19N.C2H6/c1-8(2)11-6-9-4-3-5-10(9)7-11;1-2/h8-10H,3-7H2,1-2H3;1-2H3. The molecule has 1 saturated heterocycles. The summed E-state index contributed by atoms with van der Waals surface area (Å²) in [5.41, 5.74) is 0. The fraction of sp³-hybridized carbons (Fsp3) is 1.00. The Balaban J connectivity index is 0.000000396. The van der Waals surface area contributed by atoms with Crippen LogP contribution in [0.1, 0.15) is 47.0 Å². The molecule has 1 aliphatic carbocycles. The smallest absolute Gasteiger partial charge is 0.00388 e. The van der Waals surface area contributed by atoms with Crippen LogP contribution in [0.4, 0.5) is 0 Å². The summed E-state index contributed by atoms with van der Waals surface area (Å²) in [6, 6.07) is 0.778. The molecule has 1 aliphatic heterocycles. The van der Waals surface area contributed by atoms with Crippen LogP contribution < -0.4 is 0 Å². The van der Waals surface area contributed by atoms with Crippen LogP contribution >= 0.6 is 0 Å². The van der Waals surface area contributed by atoms with E-state index in [4.69, 9.17) is 0 Å². The van der Waals surface area contributed by atoms with Crippen molar-refractivity contribution >= 4 is 0 Å². The molecule has 1 nitrogen and oxygen atoms in total. The lowest BCUT2D eigenvalue weighted by Crippen LogP contribution is -2.28. The van der Waals surface area contributed by atoms with Gasteiger partial charge in [0.05, 0.1) is 0 Å². The van der Waals surface area contributed by atoms with Gasteiger partial charge in [0.2, 0.25) is 0 Å². The predicted octanol–water partition coefficient (Wildman–Crippen LogP) is 3.15. The van der Waals surface area contributed by atoms with Gasteiger partial charge in [-0.2, -0.15) is 0 Å². The predicted molar refractivity (Wildman–Crippen MR) is 58.9 cm³/mol. The fourth-order valence-electron chi connectivity index (χ4n) is 2.69. The molecule has 1 heteroatoms. The molecular weight excluding hydrogens is 158 g/mol. The van der Waals surface area contributed by atoms with Gasteiger partial charge in [-0.05, 0) is 38.5 Å². The molecule has 1 heterocycles. The maximum absolute atomic E-state index is 2.65. The first-order chi connectivity index (χ1) is 6.27. The van der Waals surface area contributed by atoms with Gasteiger partial charge in [0.25, 0.3) is 0 Å². The first kappa shape index (κ1) is 11.0. The Bertz CT molecular complexity index is 130. The number of hydrogen-bond donors (Lipinski definition) is 0. The zero-order valence-electron chi connectivity index (χ0n) is 9.71. The third kappa shape index (κ3) is 2.46. The summed E-state index contributed by atoms with van der Waals surface area (Å²) >= 11 is 0. The van der Waals surface area contributed by atoms with Crippen molar-refractivity contribution in [3.05, 3.63) is 0 Å². The Labute approximate surface area is 83.5 Å². The second kappa shape index (κ2) is 4.99. The molecule has 0 aromatic heterocycles. The van der Waals surface area contributed by atoms with Crippen LogP contribution in [0.3, 0.4) is 0 Å². The summed E-state index contributed by atoms with van der Waals surface area (Å²) in [5.74, 6) is 2.13. The average Bonchev–Trinajstić information content (AvgIpc) is 2.65. The minimum Gasteiger partial charge on any atom is -0.300 e. The topological polar surface area (TPSA) is 3.24 Å². The first-order valence-electron chi connectivity index (χ1n) is 6.01. The van der Waals surface area contributed by atoms with Crippen LogP contribution in [-0.4, -0.2) is 24.0 Å². The molecule has 13 heavy (non-hydrogen) atoms. The highest BCUT2D eigenvalue weighted by atomic mass is 15.2. The Hall–Kier alpha value is -0.0400. The summed E-state index contributed by atoms with van der Waals surface area (Å²) < 4.78 is 0. The van der Waals surface area contributed by atoms with E-state index in [1.54, 1.807) is 0 Å². The zero-order chi connectivity index (χ0) is 9.84. The van der Waals surface area contributed by atoms with Crippen molar-refractivity contribution in [1.29, 1.82) is 0 Å². The Morgan fingerprint density at radius 1 is 1.00 bits per heavy atom.